The van der Waals surface area contributed by atoms with Crippen molar-refractivity contribution in [2.45, 2.75) is 20.3 Å². The number of anilines is 3. The second-order valence-electron chi connectivity index (χ2n) is 8.27. The molecule has 1 saturated heterocycles. The number of fused-ring (bicyclic) bond motifs is 1. The lowest BCUT2D eigenvalue weighted by Gasteiger charge is -2.33. The average Bonchev–Trinajstić information content (AvgIpc) is 3.32. The van der Waals surface area contributed by atoms with Gasteiger partial charge in [-0.2, -0.15) is 14.3 Å². The monoisotopic (exact) mass is 434 g/mol. The number of aromatic nitrogens is 3. The molecule has 7 nitrogen and oxygen atoms in total. The number of aryl methyl sites for hydroxylation is 1. The minimum atomic E-state index is 0.346. The van der Waals surface area contributed by atoms with Crippen molar-refractivity contribution in [1.82, 2.24) is 19.2 Å². The smallest absolute Gasteiger partial charge is 0.325 e. The van der Waals surface area contributed by atoms with Crippen molar-refractivity contribution < 1.29 is 4.74 Å². The van der Waals surface area contributed by atoms with E-state index in [1.54, 1.807) is 0 Å². The molecule has 0 spiro atoms. The van der Waals surface area contributed by atoms with Crippen LogP contribution in [-0.4, -0.2) is 52.5 Å². The van der Waals surface area contributed by atoms with Gasteiger partial charge in [0.15, 0.2) is 0 Å². The highest BCUT2D eigenvalue weighted by Gasteiger charge is 2.19. The summed E-state index contributed by atoms with van der Waals surface area (Å²) in [6.07, 6.45) is 3.22. The topological polar surface area (TPSA) is 66.4 Å². The second-order valence-corrected chi connectivity index (χ2v) is 9.08. The van der Waals surface area contributed by atoms with Gasteiger partial charge in [-0.25, -0.2) is 0 Å². The standard InChI is InChI=1S/C23H26N6OS/c1-15-10-17-4-5-19(13-18(17)11-15)30-23-25-20(24-22-12-16(2)27-31-22)14-21(26-23)29-8-6-28(3)7-9-29/h4-5,11-14H,6-10H2,1-3H3,(H,24,25,26). The SMILES string of the molecule is CC1=Cc2cc(Oc3nc(Nc4cc(C)ns4)cc(N4CCN(C)CC4)n3)ccc2C1. The number of ether oxygens (including phenoxy) is 1. The third-order valence-electron chi connectivity index (χ3n) is 5.60. The summed E-state index contributed by atoms with van der Waals surface area (Å²) in [6, 6.07) is 10.5. The molecule has 0 radical (unpaired) electrons. The lowest BCUT2D eigenvalue weighted by molar-refractivity contribution is 0.311. The maximum Gasteiger partial charge on any atom is 0.325 e. The Balaban J connectivity index is 1.44. The highest BCUT2D eigenvalue weighted by molar-refractivity contribution is 7.10. The molecule has 1 aliphatic carbocycles. The van der Waals surface area contributed by atoms with Crippen LogP contribution in [0.15, 0.2) is 35.9 Å². The minimum Gasteiger partial charge on any atom is -0.424 e. The molecule has 0 unspecified atom stereocenters. The fraction of sp³-hybridized carbons (Fsp3) is 0.348. The summed E-state index contributed by atoms with van der Waals surface area (Å²) in [5.74, 6) is 2.33. The third kappa shape index (κ3) is 4.55. The van der Waals surface area contributed by atoms with Crippen LogP contribution in [0.2, 0.25) is 0 Å². The van der Waals surface area contributed by atoms with E-state index in [9.17, 15) is 0 Å². The maximum absolute atomic E-state index is 6.13. The summed E-state index contributed by atoms with van der Waals surface area (Å²) < 4.78 is 10.5. The summed E-state index contributed by atoms with van der Waals surface area (Å²) in [5, 5.41) is 4.31. The Hall–Kier alpha value is -2.97. The van der Waals surface area contributed by atoms with Gasteiger partial charge in [-0.1, -0.05) is 17.7 Å². The van der Waals surface area contributed by atoms with E-state index in [1.165, 1.54) is 28.2 Å². The summed E-state index contributed by atoms with van der Waals surface area (Å²) in [4.78, 5) is 14.0. The van der Waals surface area contributed by atoms with Crippen LogP contribution in [0.5, 0.6) is 11.8 Å². The zero-order chi connectivity index (χ0) is 21.4. The quantitative estimate of drug-likeness (QED) is 0.635. The Morgan fingerprint density at radius 1 is 1.03 bits per heavy atom. The molecule has 0 bridgehead atoms. The van der Waals surface area contributed by atoms with E-state index in [2.05, 4.69) is 56.7 Å². The first-order valence-electron chi connectivity index (χ1n) is 10.5. The number of rotatable bonds is 5. The molecule has 0 atom stereocenters. The molecular weight excluding hydrogens is 408 g/mol. The first-order chi connectivity index (χ1) is 15.0. The fourth-order valence-corrected chi connectivity index (χ4v) is 4.59. The van der Waals surface area contributed by atoms with Gasteiger partial charge in [0.1, 0.15) is 22.4 Å². The third-order valence-corrected chi connectivity index (χ3v) is 6.39. The number of nitrogens with one attached hydrogen (secondary N) is 1. The van der Waals surface area contributed by atoms with Gasteiger partial charge in [-0.15, -0.1) is 0 Å². The number of nitrogens with zero attached hydrogens (tertiary/aromatic N) is 5. The van der Waals surface area contributed by atoms with Gasteiger partial charge >= 0.3 is 6.01 Å². The van der Waals surface area contributed by atoms with E-state index >= 15 is 0 Å². The van der Waals surface area contributed by atoms with Crippen molar-refractivity contribution in [1.29, 1.82) is 0 Å². The first-order valence-corrected chi connectivity index (χ1v) is 11.3. The highest BCUT2D eigenvalue weighted by Crippen LogP contribution is 2.31. The van der Waals surface area contributed by atoms with E-state index in [4.69, 9.17) is 9.72 Å². The van der Waals surface area contributed by atoms with Crippen molar-refractivity contribution in [2.75, 3.05) is 43.4 Å². The summed E-state index contributed by atoms with van der Waals surface area (Å²) in [5.41, 5.74) is 4.90. The Morgan fingerprint density at radius 2 is 1.87 bits per heavy atom. The van der Waals surface area contributed by atoms with Crippen LogP contribution >= 0.6 is 11.5 Å². The van der Waals surface area contributed by atoms with Crippen molar-refractivity contribution in [3.05, 3.63) is 52.7 Å². The molecule has 8 heteroatoms. The molecule has 160 valence electrons. The molecule has 1 fully saturated rings. The molecule has 3 aromatic rings. The van der Waals surface area contributed by atoms with E-state index in [0.29, 0.717) is 11.8 Å². The number of piperazine rings is 1. The van der Waals surface area contributed by atoms with Crippen LogP contribution in [0.3, 0.4) is 0 Å². The molecular formula is C23H26N6OS. The summed E-state index contributed by atoms with van der Waals surface area (Å²) >= 11 is 1.42. The van der Waals surface area contributed by atoms with Crippen LogP contribution in [0.1, 0.15) is 23.7 Å². The summed E-state index contributed by atoms with van der Waals surface area (Å²) in [7, 11) is 2.15. The molecule has 0 saturated carbocycles. The van der Waals surface area contributed by atoms with Gasteiger partial charge in [-0.3, -0.25) is 0 Å². The minimum absolute atomic E-state index is 0.346. The molecule has 1 aliphatic heterocycles. The number of hydrogen-bond donors (Lipinski definition) is 1. The van der Waals surface area contributed by atoms with E-state index in [-0.39, 0.29) is 0 Å². The number of likely N-dealkylation sites (N-methyl/N-ethyl adjacent to an activating group) is 1. The van der Waals surface area contributed by atoms with E-state index in [1.807, 2.05) is 25.1 Å². The lowest BCUT2D eigenvalue weighted by atomic mass is 10.1. The van der Waals surface area contributed by atoms with Gasteiger partial charge < -0.3 is 19.9 Å². The highest BCUT2D eigenvalue weighted by atomic mass is 32.1. The van der Waals surface area contributed by atoms with Crippen LogP contribution in [0, 0.1) is 6.92 Å². The Labute approximate surface area is 186 Å². The maximum atomic E-state index is 6.13. The van der Waals surface area contributed by atoms with Crippen LogP contribution < -0.4 is 15.0 Å². The van der Waals surface area contributed by atoms with Gasteiger partial charge in [0.25, 0.3) is 0 Å². The molecule has 5 rings (SSSR count). The number of allylic oxidation sites excluding steroid dienone is 1. The van der Waals surface area contributed by atoms with Gasteiger partial charge in [-0.05, 0) is 68.2 Å². The van der Waals surface area contributed by atoms with Crippen LogP contribution in [0.4, 0.5) is 16.6 Å². The fourth-order valence-electron chi connectivity index (χ4n) is 3.92. The van der Waals surface area contributed by atoms with E-state index < -0.39 is 0 Å². The van der Waals surface area contributed by atoms with Crippen molar-refractivity contribution in [3.8, 4) is 11.8 Å². The molecule has 31 heavy (non-hydrogen) atoms. The van der Waals surface area contributed by atoms with Crippen molar-refractivity contribution >= 4 is 34.2 Å². The first kappa shape index (κ1) is 20.0. The molecule has 0 amide bonds. The molecule has 1 N–H and O–H groups in total. The predicted molar refractivity (Wildman–Crippen MR) is 126 cm³/mol. The van der Waals surface area contributed by atoms with Gasteiger partial charge in [0, 0.05) is 32.2 Å². The average molecular weight is 435 g/mol. The van der Waals surface area contributed by atoms with Crippen LogP contribution in [-0.2, 0) is 6.42 Å². The number of benzene rings is 1. The lowest BCUT2D eigenvalue weighted by Crippen LogP contribution is -2.44. The molecule has 2 aromatic heterocycles. The zero-order valence-electron chi connectivity index (χ0n) is 18.1. The normalized spacial score (nSPS) is 16.2. The largest absolute Gasteiger partial charge is 0.424 e. The number of hydrogen-bond acceptors (Lipinski definition) is 8. The molecule has 2 aliphatic rings. The van der Waals surface area contributed by atoms with Crippen molar-refractivity contribution in [3.63, 3.8) is 0 Å². The molecule has 3 heterocycles. The van der Waals surface area contributed by atoms with Crippen molar-refractivity contribution in [2.24, 2.45) is 0 Å². The van der Waals surface area contributed by atoms with E-state index in [0.717, 1.165) is 54.9 Å². The van der Waals surface area contributed by atoms with Gasteiger partial charge in [0.05, 0.1) is 5.69 Å². The Morgan fingerprint density at radius 3 is 2.65 bits per heavy atom. The molecule has 1 aromatic carbocycles. The predicted octanol–water partition coefficient (Wildman–Crippen LogP) is 4.49. The van der Waals surface area contributed by atoms with Crippen LogP contribution in [0.25, 0.3) is 6.08 Å². The zero-order valence-corrected chi connectivity index (χ0v) is 18.9. The summed E-state index contributed by atoms with van der Waals surface area (Å²) in [6.45, 7) is 8.00. The second kappa shape index (κ2) is 8.28. The van der Waals surface area contributed by atoms with Gasteiger partial charge in [0.2, 0.25) is 0 Å². The Bertz CT molecular complexity index is 1130. The Kier molecular flexibility index (Phi) is 5.33.